The summed E-state index contributed by atoms with van der Waals surface area (Å²) >= 11 is 0. The zero-order valence-corrected chi connectivity index (χ0v) is 11.2. The molecular formula is C13H22N2O2. The number of hydrogen-bond acceptors (Lipinski definition) is 3. The fourth-order valence-electron chi connectivity index (χ4n) is 1.83. The van der Waals surface area contributed by atoms with Crippen LogP contribution in [0, 0.1) is 0 Å². The summed E-state index contributed by atoms with van der Waals surface area (Å²) in [7, 11) is 0. The molecule has 0 spiro atoms. The van der Waals surface area contributed by atoms with Gasteiger partial charge in [0.25, 0.3) is 0 Å². The van der Waals surface area contributed by atoms with Crippen molar-refractivity contribution in [2.24, 2.45) is 0 Å². The lowest BCUT2D eigenvalue weighted by molar-refractivity contribution is -0.0123. The number of hydrogen-bond donors (Lipinski definition) is 0. The minimum absolute atomic E-state index is 0.0211. The van der Waals surface area contributed by atoms with Gasteiger partial charge in [-0.1, -0.05) is 13.8 Å². The van der Waals surface area contributed by atoms with Crippen molar-refractivity contribution in [2.45, 2.75) is 52.7 Å². The highest BCUT2D eigenvalue weighted by Gasteiger charge is 2.34. The Balaban J connectivity index is 2.97. The van der Waals surface area contributed by atoms with Gasteiger partial charge in [-0.25, -0.2) is 0 Å². The Bertz CT molecular complexity index is 373. The molecule has 1 unspecified atom stereocenters. The summed E-state index contributed by atoms with van der Waals surface area (Å²) in [5.74, 6) is 0.0211. The number of carbonyl (C=O) groups excluding carboxylic acids is 1. The minimum Gasteiger partial charge on any atom is -0.367 e. The molecule has 0 saturated carbocycles. The van der Waals surface area contributed by atoms with Gasteiger partial charge in [0, 0.05) is 19.3 Å². The number of aromatic nitrogens is 2. The standard InChI is InChI=1S/C13H22N2O2/c1-5-10-15-11(8-9-14-15)12(16)13(4,6-2)17-7-3/h8-9H,5-7,10H2,1-4H3. The van der Waals surface area contributed by atoms with Crippen LogP contribution in [0.5, 0.6) is 0 Å². The second-order valence-corrected chi connectivity index (χ2v) is 4.29. The first-order valence-corrected chi connectivity index (χ1v) is 6.29. The summed E-state index contributed by atoms with van der Waals surface area (Å²) in [5, 5.41) is 4.18. The van der Waals surface area contributed by atoms with E-state index in [1.54, 1.807) is 16.9 Å². The second-order valence-electron chi connectivity index (χ2n) is 4.29. The number of aryl methyl sites for hydroxylation is 1. The molecule has 0 amide bonds. The molecule has 0 N–H and O–H groups in total. The normalized spacial score (nSPS) is 14.6. The summed E-state index contributed by atoms with van der Waals surface area (Å²) in [6, 6.07) is 1.77. The molecule has 4 nitrogen and oxygen atoms in total. The molecule has 96 valence electrons. The predicted octanol–water partition coefficient (Wildman–Crippen LogP) is 2.68. The van der Waals surface area contributed by atoms with Crippen molar-refractivity contribution >= 4 is 5.78 Å². The maximum absolute atomic E-state index is 12.5. The molecule has 0 aliphatic carbocycles. The van der Waals surface area contributed by atoms with Crippen LogP contribution in [0.2, 0.25) is 0 Å². The smallest absolute Gasteiger partial charge is 0.212 e. The molecule has 1 aromatic heterocycles. The Morgan fingerprint density at radius 1 is 1.47 bits per heavy atom. The van der Waals surface area contributed by atoms with E-state index in [2.05, 4.69) is 12.0 Å². The number of nitrogens with zero attached hydrogens (tertiary/aromatic N) is 2. The first-order chi connectivity index (χ1) is 8.09. The van der Waals surface area contributed by atoms with Gasteiger partial charge in [0.15, 0.2) is 0 Å². The van der Waals surface area contributed by atoms with Crippen LogP contribution >= 0.6 is 0 Å². The van der Waals surface area contributed by atoms with Crippen LogP contribution in [0.1, 0.15) is 51.0 Å². The molecule has 1 heterocycles. The minimum atomic E-state index is -0.736. The van der Waals surface area contributed by atoms with Gasteiger partial charge in [-0.15, -0.1) is 0 Å². The van der Waals surface area contributed by atoms with Gasteiger partial charge in [0.2, 0.25) is 5.78 Å². The van der Waals surface area contributed by atoms with E-state index >= 15 is 0 Å². The Morgan fingerprint density at radius 3 is 2.71 bits per heavy atom. The quantitative estimate of drug-likeness (QED) is 0.686. The van der Waals surface area contributed by atoms with Crippen molar-refractivity contribution in [1.29, 1.82) is 0 Å². The highest BCUT2D eigenvalue weighted by Crippen LogP contribution is 2.21. The first-order valence-electron chi connectivity index (χ1n) is 6.29. The molecule has 0 aliphatic rings. The topological polar surface area (TPSA) is 44.1 Å². The van der Waals surface area contributed by atoms with E-state index in [4.69, 9.17) is 4.74 Å². The Hall–Kier alpha value is -1.16. The molecule has 1 aromatic rings. The third kappa shape index (κ3) is 2.94. The molecule has 0 radical (unpaired) electrons. The van der Waals surface area contributed by atoms with Crippen molar-refractivity contribution in [1.82, 2.24) is 9.78 Å². The van der Waals surface area contributed by atoms with Gasteiger partial charge in [-0.05, 0) is 32.8 Å². The Morgan fingerprint density at radius 2 is 2.18 bits per heavy atom. The summed E-state index contributed by atoms with van der Waals surface area (Å²) in [6.45, 7) is 9.09. The summed E-state index contributed by atoms with van der Waals surface area (Å²) in [6.07, 6.45) is 3.29. The van der Waals surface area contributed by atoms with Crippen LogP contribution < -0.4 is 0 Å². The van der Waals surface area contributed by atoms with Crippen molar-refractivity contribution in [3.63, 3.8) is 0 Å². The molecule has 4 heteroatoms. The lowest BCUT2D eigenvalue weighted by atomic mass is 9.95. The molecule has 1 rings (SSSR count). The third-order valence-electron chi connectivity index (χ3n) is 3.00. The average molecular weight is 238 g/mol. The summed E-state index contributed by atoms with van der Waals surface area (Å²) in [4.78, 5) is 12.5. The van der Waals surface area contributed by atoms with E-state index in [0.29, 0.717) is 18.7 Å². The molecule has 0 saturated heterocycles. The second kappa shape index (κ2) is 5.96. The van der Waals surface area contributed by atoms with Crippen LogP contribution in [0.4, 0.5) is 0 Å². The predicted molar refractivity (Wildman–Crippen MR) is 67.2 cm³/mol. The first kappa shape index (κ1) is 13.9. The van der Waals surface area contributed by atoms with Crippen LogP contribution in [0.25, 0.3) is 0 Å². The highest BCUT2D eigenvalue weighted by molar-refractivity contribution is 6.00. The Kier molecular flexibility index (Phi) is 4.87. The van der Waals surface area contributed by atoms with E-state index in [1.807, 2.05) is 20.8 Å². The number of ether oxygens (including phenoxy) is 1. The molecule has 0 aromatic carbocycles. The van der Waals surface area contributed by atoms with Gasteiger partial charge in [0.05, 0.1) is 0 Å². The highest BCUT2D eigenvalue weighted by atomic mass is 16.5. The maximum atomic E-state index is 12.5. The number of Topliss-reactive ketones (excluding diaryl/α,β-unsaturated/α-hetero) is 1. The van der Waals surface area contributed by atoms with Crippen LogP contribution in [0.3, 0.4) is 0 Å². The molecule has 0 fully saturated rings. The summed E-state index contributed by atoms with van der Waals surface area (Å²) < 4.78 is 7.37. The van der Waals surface area contributed by atoms with E-state index in [-0.39, 0.29) is 5.78 Å². The van der Waals surface area contributed by atoms with Crippen LogP contribution in [0.15, 0.2) is 12.3 Å². The van der Waals surface area contributed by atoms with Crippen LogP contribution in [-0.4, -0.2) is 27.8 Å². The van der Waals surface area contributed by atoms with Gasteiger partial charge in [-0.2, -0.15) is 5.10 Å². The largest absolute Gasteiger partial charge is 0.367 e. The fraction of sp³-hybridized carbons (Fsp3) is 0.692. The lowest BCUT2D eigenvalue weighted by Gasteiger charge is -2.26. The van der Waals surface area contributed by atoms with Gasteiger partial charge in [-0.3, -0.25) is 9.48 Å². The van der Waals surface area contributed by atoms with Gasteiger partial charge >= 0.3 is 0 Å². The zero-order valence-electron chi connectivity index (χ0n) is 11.2. The van der Waals surface area contributed by atoms with E-state index in [0.717, 1.165) is 13.0 Å². The van der Waals surface area contributed by atoms with Gasteiger partial charge in [0.1, 0.15) is 11.3 Å². The maximum Gasteiger partial charge on any atom is 0.212 e. The van der Waals surface area contributed by atoms with Crippen molar-refractivity contribution in [3.8, 4) is 0 Å². The van der Waals surface area contributed by atoms with Crippen molar-refractivity contribution in [3.05, 3.63) is 18.0 Å². The number of ketones is 1. The number of carbonyl (C=O) groups is 1. The zero-order chi connectivity index (χ0) is 12.9. The van der Waals surface area contributed by atoms with E-state index in [1.165, 1.54) is 0 Å². The third-order valence-corrected chi connectivity index (χ3v) is 3.00. The SMILES string of the molecule is CCCn1nccc1C(=O)C(C)(CC)OCC. The van der Waals surface area contributed by atoms with Crippen LogP contribution in [-0.2, 0) is 11.3 Å². The lowest BCUT2D eigenvalue weighted by Crippen LogP contribution is -2.39. The monoisotopic (exact) mass is 238 g/mol. The molecule has 0 bridgehead atoms. The average Bonchev–Trinajstić information content (AvgIpc) is 2.77. The molecule has 17 heavy (non-hydrogen) atoms. The summed E-state index contributed by atoms with van der Waals surface area (Å²) in [5.41, 5.74) is -0.0926. The van der Waals surface area contributed by atoms with Crippen molar-refractivity contribution < 1.29 is 9.53 Å². The van der Waals surface area contributed by atoms with Crippen molar-refractivity contribution in [2.75, 3.05) is 6.61 Å². The molecule has 0 aliphatic heterocycles. The van der Waals surface area contributed by atoms with E-state index in [9.17, 15) is 4.79 Å². The fourth-order valence-corrected chi connectivity index (χ4v) is 1.83. The number of rotatable bonds is 7. The van der Waals surface area contributed by atoms with Gasteiger partial charge < -0.3 is 4.74 Å². The molecule has 1 atom stereocenters. The Labute approximate surface area is 103 Å². The molecular weight excluding hydrogens is 216 g/mol. The van der Waals surface area contributed by atoms with E-state index < -0.39 is 5.60 Å².